The minimum absolute atomic E-state index is 0.280. The van der Waals surface area contributed by atoms with Crippen LogP contribution in [0.2, 0.25) is 0 Å². The maximum Gasteiger partial charge on any atom is 0.123 e. The van der Waals surface area contributed by atoms with Crippen LogP contribution >= 0.6 is 0 Å². The number of nitrogens with one attached hydrogen (secondary N) is 3. The van der Waals surface area contributed by atoms with Gasteiger partial charge in [-0.05, 0) is 81.2 Å². The zero-order valence-corrected chi connectivity index (χ0v) is 22.1. The summed E-state index contributed by atoms with van der Waals surface area (Å²) in [5.74, 6) is -0.280. The van der Waals surface area contributed by atoms with Gasteiger partial charge in [-0.15, -0.1) is 5.73 Å². The first kappa shape index (κ1) is 25.6. The molecule has 0 radical (unpaired) electrons. The molecule has 4 aromatic rings. The second-order valence-corrected chi connectivity index (χ2v) is 9.99. The van der Waals surface area contributed by atoms with E-state index in [9.17, 15) is 4.39 Å². The lowest BCUT2D eigenvalue weighted by molar-refractivity contribution is 0.334. The highest BCUT2D eigenvalue weighted by Crippen LogP contribution is 2.32. The molecule has 4 nitrogen and oxygen atoms in total. The van der Waals surface area contributed by atoms with Crippen LogP contribution in [0, 0.1) is 12.7 Å². The van der Waals surface area contributed by atoms with Crippen LogP contribution in [-0.2, 0) is 0 Å². The summed E-state index contributed by atoms with van der Waals surface area (Å²) < 4.78 is 14.2. The Morgan fingerprint density at radius 3 is 2.63 bits per heavy atom. The first-order valence-corrected chi connectivity index (χ1v) is 13.3. The number of aromatic nitrogens is 2. The standard InChI is InChI=1S/C33H35FN4/c1-5-27(25-12-7-6-8-13-25)32-22(2)33(24(4)35-16-11-19-38-17-9-10-18-38)37-31(32)21-28-23(3)36-30-15-14-26(34)20-29(28)30/h6-8,12-15,20-21,35-37H,1,3-4,9-11,16-19H2,2H3/b28-21+. The van der Waals surface area contributed by atoms with Crippen LogP contribution in [0.4, 0.5) is 4.39 Å². The molecule has 38 heavy (non-hydrogen) atoms. The number of nitrogens with zero attached hydrogens (tertiary/aromatic N) is 1. The van der Waals surface area contributed by atoms with Gasteiger partial charge in [0.15, 0.2) is 0 Å². The maximum absolute atomic E-state index is 14.2. The molecule has 1 saturated heterocycles. The number of aromatic amines is 2. The van der Waals surface area contributed by atoms with Crippen molar-refractivity contribution in [1.29, 1.82) is 0 Å². The van der Waals surface area contributed by atoms with Gasteiger partial charge in [-0.25, -0.2) is 4.39 Å². The Balaban J connectivity index is 1.56. The van der Waals surface area contributed by atoms with Crippen molar-refractivity contribution in [3.05, 3.63) is 112 Å². The summed E-state index contributed by atoms with van der Waals surface area (Å²) in [6, 6.07) is 14.9. The Morgan fingerprint density at radius 1 is 1.13 bits per heavy atom. The highest BCUT2D eigenvalue weighted by Gasteiger charge is 2.20. The molecule has 0 unspecified atom stereocenters. The van der Waals surface area contributed by atoms with Crippen LogP contribution in [0.15, 0.2) is 67.4 Å². The van der Waals surface area contributed by atoms with Gasteiger partial charge in [-0.3, -0.25) is 0 Å². The van der Waals surface area contributed by atoms with Gasteiger partial charge in [0.2, 0.25) is 0 Å². The number of benzene rings is 2. The lowest BCUT2D eigenvalue weighted by Gasteiger charge is -2.15. The van der Waals surface area contributed by atoms with Crippen molar-refractivity contribution in [2.75, 3.05) is 26.2 Å². The number of rotatable bonds is 9. The van der Waals surface area contributed by atoms with E-state index in [0.717, 1.165) is 80.3 Å². The second kappa shape index (κ2) is 11.1. The third kappa shape index (κ3) is 5.17. The fourth-order valence-corrected chi connectivity index (χ4v) is 5.48. The van der Waals surface area contributed by atoms with E-state index in [1.807, 2.05) is 24.3 Å². The highest BCUT2D eigenvalue weighted by molar-refractivity contribution is 5.89. The van der Waals surface area contributed by atoms with Crippen LogP contribution in [0.1, 0.15) is 47.3 Å². The zero-order chi connectivity index (χ0) is 26.6. The summed E-state index contributed by atoms with van der Waals surface area (Å²) in [6.07, 6.45) is 5.72. The number of hydrogen-bond acceptors (Lipinski definition) is 2. The van der Waals surface area contributed by atoms with E-state index in [4.69, 9.17) is 0 Å². The van der Waals surface area contributed by atoms with Crippen molar-refractivity contribution in [3.63, 3.8) is 0 Å². The summed E-state index contributed by atoms with van der Waals surface area (Å²) >= 11 is 0. The number of hydrogen-bond donors (Lipinski definition) is 3. The number of halogens is 1. The Kier molecular flexibility index (Phi) is 7.50. The molecule has 0 spiro atoms. The second-order valence-electron chi connectivity index (χ2n) is 9.99. The fraction of sp³-hybridized carbons (Fsp3) is 0.242. The van der Waals surface area contributed by atoms with E-state index in [0.29, 0.717) is 0 Å². The smallest absolute Gasteiger partial charge is 0.123 e. The molecule has 5 heteroatoms. The number of H-pyrrole nitrogens is 2. The Morgan fingerprint density at radius 2 is 1.89 bits per heavy atom. The number of likely N-dealkylation sites (tertiary alicyclic amines) is 1. The third-order valence-corrected chi connectivity index (χ3v) is 7.43. The van der Waals surface area contributed by atoms with E-state index in [1.165, 1.54) is 32.0 Å². The van der Waals surface area contributed by atoms with Crippen LogP contribution < -0.4 is 15.9 Å². The van der Waals surface area contributed by atoms with E-state index < -0.39 is 0 Å². The predicted molar refractivity (Wildman–Crippen MR) is 158 cm³/mol. The van der Waals surface area contributed by atoms with Gasteiger partial charge in [0.05, 0.1) is 11.4 Å². The molecule has 1 aliphatic rings. The lowest BCUT2D eigenvalue weighted by Crippen LogP contribution is -2.24. The van der Waals surface area contributed by atoms with Crippen molar-refractivity contribution >= 4 is 34.8 Å². The summed E-state index contributed by atoms with van der Waals surface area (Å²) in [5, 5.41) is 5.89. The summed E-state index contributed by atoms with van der Waals surface area (Å²) in [4.78, 5) is 9.41. The van der Waals surface area contributed by atoms with Gasteiger partial charge >= 0.3 is 0 Å². The molecule has 0 aliphatic carbocycles. The fourth-order valence-electron chi connectivity index (χ4n) is 5.48. The van der Waals surface area contributed by atoms with Crippen LogP contribution in [0.25, 0.3) is 34.8 Å². The summed E-state index contributed by atoms with van der Waals surface area (Å²) in [5.41, 5.74) is 10.7. The molecule has 0 saturated carbocycles. The molecular formula is C33H35FN4. The molecule has 0 amide bonds. The zero-order valence-electron chi connectivity index (χ0n) is 22.1. The molecule has 1 aliphatic heterocycles. The van der Waals surface area contributed by atoms with Gasteiger partial charge in [-0.2, -0.15) is 0 Å². The quantitative estimate of drug-likeness (QED) is 0.209. The monoisotopic (exact) mass is 506 g/mol. The molecule has 5 rings (SSSR count). The van der Waals surface area contributed by atoms with Crippen molar-refractivity contribution in [1.82, 2.24) is 20.2 Å². The van der Waals surface area contributed by atoms with Gasteiger partial charge in [0.25, 0.3) is 0 Å². The van der Waals surface area contributed by atoms with E-state index >= 15 is 0 Å². The van der Waals surface area contributed by atoms with Gasteiger partial charge < -0.3 is 20.2 Å². The average molecular weight is 507 g/mol. The number of fused-ring (bicyclic) bond motifs is 1. The Hall–Kier alpha value is -4.05. The molecule has 1 fully saturated rings. The normalized spacial score (nSPS) is 14.2. The largest absolute Gasteiger partial charge is 0.384 e. The molecule has 194 valence electrons. The van der Waals surface area contributed by atoms with E-state index in [-0.39, 0.29) is 5.82 Å². The molecule has 0 atom stereocenters. The van der Waals surface area contributed by atoms with Gasteiger partial charge in [-0.1, -0.05) is 50.1 Å². The third-order valence-electron chi connectivity index (χ3n) is 7.43. The van der Waals surface area contributed by atoms with Crippen molar-refractivity contribution in [2.24, 2.45) is 0 Å². The molecule has 3 heterocycles. The Bertz CT molecular complexity index is 1630. The van der Waals surface area contributed by atoms with Crippen molar-refractivity contribution in [3.8, 4) is 0 Å². The molecule has 0 bridgehead atoms. The molecular weight excluding hydrogens is 471 g/mol. The first-order chi connectivity index (χ1) is 18.5. The lowest BCUT2D eigenvalue weighted by atomic mass is 9.94. The van der Waals surface area contributed by atoms with Crippen LogP contribution in [-0.4, -0.2) is 41.0 Å². The minimum Gasteiger partial charge on any atom is -0.384 e. The van der Waals surface area contributed by atoms with Crippen LogP contribution in [0.3, 0.4) is 0 Å². The molecule has 3 N–H and O–H groups in total. The maximum atomic E-state index is 14.2. The average Bonchev–Trinajstić information content (AvgIpc) is 3.63. The predicted octanol–water partition coefficient (Wildman–Crippen LogP) is 5.45. The summed E-state index contributed by atoms with van der Waals surface area (Å²) in [7, 11) is 0. The van der Waals surface area contributed by atoms with Gasteiger partial charge in [0, 0.05) is 44.8 Å². The van der Waals surface area contributed by atoms with E-state index in [1.54, 1.807) is 12.1 Å². The first-order valence-electron chi connectivity index (χ1n) is 13.3. The van der Waals surface area contributed by atoms with Crippen LogP contribution in [0.5, 0.6) is 0 Å². The topological polar surface area (TPSA) is 46.9 Å². The SMILES string of the molecule is C=C=C(c1ccccc1)c1c(/C=c2\c(=C)[nH]c3ccc(F)cc23)[nH]c(C(=C)NCCCN2CCCC2)c1C. The van der Waals surface area contributed by atoms with Crippen molar-refractivity contribution in [2.45, 2.75) is 26.2 Å². The van der Waals surface area contributed by atoms with E-state index in [2.05, 4.69) is 64.7 Å². The van der Waals surface area contributed by atoms with Crippen molar-refractivity contribution < 1.29 is 4.39 Å². The minimum atomic E-state index is -0.280. The molecule has 2 aromatic carbocycles. The van der Waals surface area contributed by atoms with Gasteiger partial charge in [0.1, 0.15) is 5.82 Å². The Labute approximate surface area is 223 Å². The molecule has 2 aromatic heterocycles. The highest BCUT2D eigenvalue weighted by atomic mass is 19.1. The summed E-state index contributed by atoms with van der Waals surface area (Å²) in [6.45, 7) is 19.1.